The molecule has 0 spiro atoms. The topological polar surface area (TPSA) is 56.7 Å². The van der Waals surface area contributed by atoms with Crippen LogP contribution in [0.5, 0.6) is 0 Å². The second-order valence-electron chi connectivity index (χ2n) is 4.32. The van der Waals surface area contributed by atoms with Crippen molar-refractivity contribution in [3.63, 3.8) is 0 Å². The number of hydrogen-bond donors (Lipinski definition) is 1. The van der Waals surface area contributed by atoms with E-state index >= 15 is 0 Å². The summed E-state index contributed by atoms with van der Waals surface area (Å²) in [5.74, 6) is 0.871. The SMILES string of the molecule is Cc1cnc2c(c1)nc(-c1cccs1)n2CC(N)=S. The van der Waals surface area contributed by atoms with E-state index in [0.717, 1.165) is 27.4 Å². The average molecular weight is 288 g/mol. The van der Waals surface area contributed by atoms with Gasteiger partial charge >= 0.3 is 0 Å². The maximum absolute atomic E-state index is 5.69. The summed E-state index contributed by atoms with van der Waals surface area (Å²) in [6.07, 6.45) is 1.83. The second kappa shape index (κ2) is 4.71. The summed E-state index contributed by atoms with van der Waals surface area (Å²) in [7, 11) is 0. The van der Waals surface area contributed by atoms with E-state index in [1.54, 1.807) is 11.3 Å². The van der Waals surface area contributed by atoms with E-state index in [-0.39, 0.29) is 0 Å². The molecule has 0 saturated heterocycles. The summed E-state index contributed by atoms with van der Waals surface area (Å²) >= 11 is 6.67. The molecule has 96 valence electrons. The second-order valence-corrected chi connectivity index (χ2v) is 5.79. The number of aryl methyl sites for hydroxylation is 1. The van der Waals surface area contributed by atoms with E-state index < -0.39 is 0 Å². The molecular formula is C13H12N4S2. The van der Waals surface area contributed by atoms with Crippen LogP contribution in [-0.2, 0) is 6.54 Å². The van der Waals surface area contributed by atoms with Crippen molar-refractivity contribution in [2.24, 2.45) is 5.73 Å². The Balaban J connectivity index is 2.27. The molecule has 0 amide bonds. The number of hydrogen-bond acceptors (Lipinski definition) is 4. The molecule has 3 heterocycles. The van der Waals surface area contributed by atoms with Crippen molar-refractivity contribution in [1.82, 2.24) is 14.5 Å². The molecule has 19 heavy (non-hydrogen) atoms. The average Bonchev–Trinajstić information content (AvgIpc) is 2.96. The zero-order chi connectivity index (χ0) is 13.4. The maximum Gasteiger partial charge on any atom is 0.160 e. The Labute approximate surface area is 119 Å². The zero-order valence-corrected chi connectivity index (χ0v) is 12.0. The standard InChI is InChI=1S/C13H12N4S2/c1-8-5-9-12(15-6-8)17(7-11(14)18)13(16-9)10-3-2-4-19-10/h2-6H,7H2,1H3,(H2,14,18). The molecule has 0 fully saturated rings. The number of nitrogens with two attached hydrogens (primary N) is 1. The Morgan fingerprint density at radius 1 is 1.53 bits per heavy atom. The predicted octanol–water partition coefficient (Wildman–Crippen LogP) is 2.75. The fourth-order valence-corrected chi connectivity index (χ4v) is 2.86. The third-order valence-electron chi connectivity index (χ3n) is 2.78. The van der Waals surface area contributed by atoms with Crippen molar-refractivity contribution >= 4 is 39.7 Å². The van der Waals surface area contributed by atoms with Crippen LogP contribution in [0.25, 0.3) is 21.9 Å². The maximum atomic E-state index is 5.69. The zero-order valence-electron chi connectivity index (χ0n) is 10.3. The fourth-order valence-electron chi connectivity index (χ4n) is 2.01. The molecule has 3 rings (SSSR count). The molecule has 0 atom stereocenters. The van der Waals surface area contributed by atoms with Gasteiger partial charge in [0, 0.05) is 6.20 Å². The van der Waals surface area contributed by atoms with Crippen LogP contribution in [0.3, 0.4) is 0 Å². The van der Waals surface area contributed by atoms with Crippen molar-refractivity contribution in [2.75, 3.05) is 0 Å². The first-order chi connectivity index (χ1) is 9.15. The fraction of sp³-hybridized carbons (Fsp3) is 0.154. The van der Waals surface area contributed by atoms with Crippen LogP contribution >= 0.6 is 23.6 Å². The van der Waals surface area contributed by atoms with Gasteiger partial charge in [-0.05, 0) is 30.0 Å². The van der Waals surface area contributed by atoms with Crippen LogP contribution in [0.4, 0.5) is 0 Å². The number of aromatic nitrogens is 3. The van der Waals surface area contributed by atoms with Gasteiger partial charge in [0.2, 0.25) is 0 Å². The molecular weight excluding hydrogens is 276 g/mol. The van der Waals surface area contributed by atoms with Crippen LogP contribution in [0.15, 0.2) is 29.8 Å². The van der Waals surface area contributed by atoms with Gasteiger partial charge in [0.1, 0.15) is 5.52 Å². The molecule has 6 heteroatoms. The van der Waals surface area contributed by atoms with E-state index in [4.69, 9.17) is 18.0 Å². The predicted molar refractivity (Wildman–Crippen MR) is 82.4 cm³/mol. The van der Waals surface area contributed by atoms with Crippen LogP contribution in [0.1, 0.15) is 5.56 Å². The Kier molecular flexibility index (Phi) is 3.04. The van der Waals surface area contributed by atoms with Gasteiger partial charge in [-0.1, -0.05) is 18.3 Å². The Morgan fingerprint density at radius 2 is 2.37 bits per heavy atom. The number of nitrogens with zero attached hydrogens (tertiary/aromatic N) is 3. The molecule has 3 aromatic rings. The largest absolute Gasteiger partial charge is 0.392 e. The molecule has 0 aliphatic rings. The van der Waals surface area contributed by atoms with Crippen molar-refractivity contribution in [2.45, 2.75) is 13.5 Å². The molecule has 3 aromatic heterocycles. The van der Waals surface area contributed by atoms with Crippen molar-refractivity contribution < 1.29 is 0 Å². The van der Waals surface area contributed by atoms with Gasteiger partial charge in [-0.3, -0.25) is 0 Å². The normalized spacial score (nSPS) is 11.0. The minimum atomic E-state index is 0.430. The molecule has 4 nitrogen and oxygen atoms in total. The molecule has 2 N–H and O–H groups in total. The highest BCUT2D eigenvalue weighted by Crippen LogP contribution is 2.27. The van der Waals surface area contributed by atoms with Crippen molar-refractivity contribution in [3.05, 3.63) is 35.3 Å². The van der Waals surface area contributed by atoms with Crippen LogP contribution in [-0.4, -0.2) is 19.5 Å². The molecule has 0 aromatic carbocycles. The number of imidazole rings is 1. The van der Waals surface area contributed by atoms with Gasteiger partial charge in [0.05, 0.1) is 16.4 Å². The smallest absolute Gasteiger partial charge is 0.160 e. The van der Waals surface area contributed by atoms with E-state index in [1.807, 2.05) is 41.3 Å². The van der Waals surface area contributed by atoms with Crippen LogP contribution in [0.2, 0.25) is 0 Å². The van der Waals surface area contributed by atoms with Gasteiger partial charge in [0.25, 0.3) is 0 Å². The quantitative estimate of drug-likeness (QED) is 0.753. The monoisotopic (exact) mass is 288 g/mol. The highest BCUT2D eigenvalue weighted by atomic mass is 32.1. The lowest BCUT2D eigenvalue weighted by Gasteiger charge is -2.05. The Bertz CT molecular complexity index is 743. The number of thiophene rings is 1. The first-order valence-corrected chi connectivity index (χ1v) is 7.09. The summed E-state index contributed by atoms with van der Waals surface area (Å²) in [6, 6.07) is 6.06. The molecule has 0 saturated carbocycles. The third kappa shape index (κ3) is 2.24. The van der Waals surface area contributed by atoms with Gasteiger partial charge in [-0.2, -0.15) is 0 Å². The number of thiocarbonyl (C=S) groups is 1. The van der Waals surface area contributed by atoms with Gasteiger partial charge in [0.15, 0.2) is 11.5 Å². The van der Waals surface area contributed by atoms with Crippen LogP contribution in [0, 0.1) is 6.92 Å². The summed E-state index contributed by atoms with van der Waals surface area (Å²) in [5.41, 5.74) is 8.47. The van der Waals surface area contributed by atoms with E-state index in [9.17, 15) is 0 Å². The molecule has 0 bridgehead atoms. The Morgan fingerprint density at radius 3 is 3.05 bits per heavy atom. The first-order valence-electron chi connectivity index (χ1n) is 5.80. The van der Waals surface area contributed by atoms with E-state index in [0.29, 0.717) is 11.5 Å². The van der Waals surface area contributed by atoms with Gasteiger partial charge in [-0.25, -0.2) is 9.97 Å². The minimum absolute atomic E-state index is 0.430. The van der Waals surface area contributed by atoms with Crippen molar-refractivity contribution in [3.8, 4) is 10.7 Å². The van der Waals surface area contributed by atoms with Gasteiger partial charge in [-0.15, -0.1) is 11.3 Å². The van der Waals surface area contributed by atoms with E-state index in [1.165, 1.54) is 0 Å². The van der Waals surface area contributed by atoms with Crippen LogP contribution < -0.4 is 5.73 Å². The first kappa shape index (κ1) is 12.3. The van der Waals surface area contributed by atoms with Gasteiger partial charge < -0.3 is 10.3 Å². The lowest BCUT2D eigenvalue weighted by molar-refractivity contribution is 0.884. The number of pyridine rings is 1. The summed E-state index contributed by atoms with van der Waals surface area (Å²) in [5, 5.41) is 2.03. The molecule has 0 radical (unpaired) electrons. The summed E-state index contributed by atoms with van der Waals surface area (Å²) < 4.78 is 1.98. The molecule has 0 aliphatic heterocycles. The molecule has 0 aliphatic carbocycles. The van der Waals surface area contributed by atoms with E-state index in [2.05, 4.69) is 9.97 Å². The highest BCUT2D eigenvalue weighted by molar-refractivity contribution is 7.80. The Hall–Kier alpha value is -1.79. The number of rotatable bonds is 3. The lowest BCUT2D eigenvalue weighted by Crippen LogP contribution is -2.17. The highest BCUT2D eigenvalue weighted by Gasteiger charge is 2.14. The summed E-state index contributed by atoms with van der Waals surface area (Å²) in [6.45, 7) is 2.46. The van der Waals surface area contributed by atoms with Crippen molar-refractivity contribution in [1.29, 1.82) is 0 Å². The number of fused-ring (bicyclic) bond motifs is 1. The summed E-state index contributed by atoms with van der Waals surface area (Å²) in [4.78, 5) is 10.6. The lowest BCUT2D eigenvalue weighted by atomic mass is 10.3. The third-order valence-corrected chi connectivity index (χ3v) is 3.77. The molecule has 0 unspecified atom stereocenters. The minimum Gasteiger partial charge on any atom is -0.392 e.